The number of non-ortho nitro benzene ring substituents is 1. The van der Waals surface area contributed by atoms with E-state index in [0.29, 0.717) is 24.0 Å². The van der Waals surface area contributed by atoms with Crippen molar-refractivity contribution < 1.29 is 13.3 Å². The molecule has 0 saturated heterocycles. The van der Waals surface area contributed by atoms with Crippen molar-refractivity contribution in [2.45, 2.75) is 5.75 Å². The molecule has 0 unspecified atom stereocenters. The molecule has 1 aromatic carbocycles. The summed E-state index contributed by atoms with van der Waals surface area (Å²) in [6, 6.07) is 6.27. The molecule has 1 aliphatic rings. The highest BCUT2D eigenvalue weighted by atomic mass is 32.2. The van der Waals surface area contributed by atoms with Crippen molar-refractivity contribution in [1.29, 1.82) is 0 Å². The predicted molar refractivity (Wildman–Crippen MR) is 78.2 cm³/mol. The molecule has 108 valence electrons. The smallest absolute Gasteiger partial charge is 0.260 e. The molecule has 0 aliphatic carbocycles. The van der Waals surface area contributed by atoms with Crippen molar-refractivity contribution in [3.05, 3.63) is 39.9 Å². The first-order chi connectivity index (χ1) is 9.38. The molecule has 0 aromatic heterocycles. The molecular formula is C11H13N3O4S2. The van der Waals surface area contributed by atoms with E-state index in [2.05, 4.69) is 4.99 Å². The molecule has 0 radical (unpaired) electrons. The van der Waals surface area contributed by atoms with Crippen LogP contribution >= 0.6 is 11.8 Å². The van der Waals surface area contributed by atoms with E-state index in [1.807, 2.05) is 0 Å². The number of nitro benzene ring substituents is 1. The molecule has 0 bridgehead atoms. The third-order valence-corrected chi connectivity index (χ3v) is 5.01. The van der Waals surface area contributed by atoms with E-state index >= 15 is 0 Å². The maximum Gasteiger partial charge on any atom is 0.269 e. The van der Waals surface area contributed by atoms with Crippen LogP contribution in [0.5, 0.6) is 0 Å². The normalized spacial score (nSPS) is 15.2. The van der Waals surface area contributed by atoms with E-state index < -0.39 is 14.9 Å². The first-order valence-electron chi connectivity index (χ1n) is 5.76. The van der Waals surface area contributed by atoms with Crippen LogP contribution in [0.3, 0.4) is 0 Å². The minimum absolute atomic E-state index is 0.0245. The lowest BCUT2D eigenvalue weighted by atomic mass is 10.2. The second-order valence-electron chi connectivity index (χ2n) is 4.22. The highest BCUT2D eigenvalue weighted by Gasteiger charge is 2.25. The molecule has 0 atom stereocenters. The minimum atomic E-state index is -3.30. The molecular weight excluding hydrogens is 302 g/mol. The van der Waals surface area contributed by atoms with E-state index in [4.69, 9.17) is 0 Å². The van der Waals surface area contributed by atoms with Gasteiger partial charge in [0, 0.05) is 17.9 Å². The molecule has 7 nitrogen and oxygen atoms in total. The predicted octanol–water partition coefficient (Wildman–Crippen LogP) is 1.46. The number of nitrogens with zero attached hydrogens (tertiary/aromatic N) is 3. The SMILES string of the molecule is CS(=O)(=O)N1CCN=C1SCc1cccc([N+](=O)[O-])c1. The lowest BCUT2D eigenvalue weighted by molar-refractivity contribution is -0.384. The second kappa shape index (κ2) is 5.80. The van der Waals surface area contributed by atoms with Crippen LogP contribution < -0.4 is 0 Å². The zero-order chi connectivity index (χ0) is 14.8. The van der Waals surface area contributed by atoms with Crippen LogP contribution in [0.1, 0.15) is 5.56 Å². The first kappa shape index (κ1) is 14.8. The molecule has 9 heteroatoms. The molecule has 20 heavy (non-hydrogen) atoms. The number of nitro groups is 1. The zero-order valence-electron chi connectivity index (χ0n) is 10.7. The molecule has 1 aromatic rings. The standard InChI is InChI=1S/C11H13N3O4S2/c1-20(17,18)13-6-5-12-11(13)19-8-9-3-2-4-10(7-9)14(15)16/h2-4,7H,5-6,8H2,1H3. The van der Waals surface area contributed by atoms with Gasteiger partial charge in [0.15, 0.2) is 5.17 Å². The summed E-state index contributed by atoms with van der Waals surface area (Å²) in [4.78, 5) is 14.4. The Morgan fingerprint density at radius 1 is 1.50 bits per heavy atom. The van der Waals surface area contributed by atoms with Crippen LogP contribution in [0.2, 0.25) is 0 Å². The van der Waals surface area contributed by atoms with Crippen molar-refractivity contribution >= 4 is 32.6 Å². The van der Waals surface area contributed by atoms with Crippen LogP contribution in [0, 0.1) is 10.1 Å². The number of rotatable bonds is 4. The van der Waals surface area contributed by atoms with Crippen molar-refractivity contribution in [1.82, 2.24) is 4.31 Å². The van der Waals surface area contributed by atoms with E-state index in [9.17, 15) is 18.5 Å². The number of hydrogen-bond donors (Lipinski definition) is 0. The van der Waals surface area contributed by atoms with Gasteiger partial charge in [0.1, 0.15) is 0 Å². The monoisotopic (exact) mass is 315 g/mol. The van der Waals surface area contributed by atoms with Crippen molar-refractivity contribution in [3.63, 3.8) is 0 Å². The summed E-state index contributed by atoms with van der Waals surface area (Å²) in [5.41, 5.74) is 0.781. The van der Waals surface area contributed by atoms with Gasteiger partial charge in [-0.15, -0.1) is 0 Å². The fourth-order valence-corrected chi connectivity index (χ4v) is 3.96. The lowest BCUT2D eigenvalue weighted by Crippen LogP contribution is -2.31. The molecule has 0 amide bonds. The summed E-state index contributed by atoms with van der Waals surface area (Å²) >= 11 is 1.27. The Balaban J connectivity index is 2.06. The van der Waals surface area contributed by atoms with Gasteiger partial charge in [-0.1, -0.05) is 23.9 Å². The number of benzene rings is 1. The zero-order valence-corrected chi connectivity index (χ0v) is 12.4. The van der Waals surface area contributed by atoms with Gasteiger partial charge in [0.05, 0.1) is 24.3 Å². The van der Waals surface area contributed by atoms with Gasteiger partial charge in [0.2, 0.25) is 10.0 Å². The summed E-state index contributed by atoms with van der Waals surface area (Å²) in [7, 11) is -3.30. The van der Waals surface area contributed by atoms with Crippen molar-refractivity contribution in [2.24, 2.45) is 4.99 Å². The van der Waals surface area contributed by atoms with Crippen LogP contribution in [0.4, 0.5) is 5.69 Å². The Hall–Kier alpha value is -1.61. The average molecular weight is 315 g/mol. The first-order valence-corrected chi connectivity index (χ1v) is 8.59. The molecule has 0 spiro atoms. The molecule has 0 N–H and O–H groups in total. The van der Waals surface area contributed by atoms with Crippen LogP contribution in [0.15, 0.2) is 29.3 Å². The number of amidine groups is 1. The average Bonchev–Trinajstić information content (AvgIpc) is 2.85. The quantitative estimate of drug-likeness (QED) is 0.619. The molecule has 0 fully saturated rings. The van der Waals surface area contributed by atoms with Crippen LogP contribution in [-0.4, -0.2) is 42.2 Å². The number of aliphatic imine (C=N–C) groups is 1. The third kappa shape index (κ3) is 3.48. The van der Waals surface area contributed by atoms with Gasteiger partial charge < -0.3 is 0 Å². The maximum atomic E-state index is 11.5. The molecule has 2 rings (SSSR count). The van der Waals surface area contributed by atoms with Gasteiger partial charge >= 0.3 is 0 Å². The van der Waals surface area contributed by atoms with Gasteiger partial charge in [-0.2, -0.15) is 0 Å². The second-order valence-corrected chi connectivity index (χ2v) is 7.06. The Morgan fingerprint density at radius 3 is 2.90 bits per heavy atom. The third-order valence-electron chi connectivity index (χ3n) is 2.65. The van der Waals surface area contributed by atoms with E-state index in [1.165, 1.54) is 28.2 Å². The van der Waals surface area contributed by atoms with E-state index in [0.717, 1.165) is 11.8 Å². The minimum Gasteiger partial charge on any atom is -0.260 e. The van der Waals surface area contributed by atoms with E-state index in [1.54, 1.807) is 12.1 Å². The van der Waals surface area contributed by atoms with Gasteiger partial charge in [-0.3, -0.25) is 15.1 Å². The number of thioether (sulfide) groups is 1. The Kier molecular flexibility index (Phi) is 4.29. The van der Waals surface area contributed by atoms with Crippen molar-refractivity contribution in [3.8, 4) is 0 Å². The topological polar surface area (TPSA) is 92.9 Å². The number of hydrogen-bond acceptors (Lipinski definition) is 6. The number of sulfonamides is 1. The molecule has 1 heterocycles. The van der Waals surface area contributed by atoms with Gasteiger partial charge in [-0.25, -0.2) is 12.7 Å². The van der Waals surface area contributed by atoms with Crippen LogP contribution in [0.25, 0.3) is 0 Å². The fourth-order valence-electron chi connectivity index (χ4n) is 1.74. The van der Waals surface area contributed by atoms with Crippen LogP contribution in [-0.2, 0) is 15.8 Å². The summed E-state index contributed by atoms with van der Waals surface area (Å²) in [6.45, 7) is 0.806. The highest BCUT2D eigenvalue weighted by molar-refractivity contribution is 8.14. The summed E-state index contributed by atoms with van der Waals surface area (Å²) in [6.07, 6.45) is 1.14. The summed E-state index contributed by atoms with van der Waals surface area (Å²) in [5.74, 6) is 0.437. The molecule has 0 saturated carbocycles. The van der Waals surface area contributed by atoms with E-state index in [-0.39, 0.29) is 5.69 Å². The van der Waals surface area contributed by atoms with Crippen molar-refractivity contribution in [2.75, 3.05) is 19.3 Å². The largest absolute Gasteiger partial charge is 0.269 e. The Labute approximate surface area is 120 Å². The summed E-state index contributed by atoms with van der Waals surface area (Å²) < 4.78 is 24.3. The Morgan fingerprint density at radius 2 is 2.25 bits per heavy atom. The fraction of sp³-hybridized carbons (Fsp3) is 0.364. The highest BCUT2D eigenvalue weighted by Crippen LogP contribution is 2.23. The summed E-state index contributed by atoms with van der Waals surface area (Å²) in [5, 5.41) is 11.1. The Bertz CT molecular complexity index is 657. The maximum absolute atomic E-state index is 11.5. The molecule has 1 aliphatic heterocycles. The van der Waals surface area contributed by atoms with Gasteiger partial charge in [0.25, 0.3) is 5.69 Å². The lowest BCUT2D eigenvalue weighted by Gasteiger charge is -2.16. The van der Waals surface area contributed by atoms with Gasteiger partial charge in [-0.05, 0) is 5.56 Å².